The minimum absolute atomic E-state index is 0.289. The molecule has 0 saturated carbocycles. The fraction of sp³-hybridized carbons (Fsp3) is 0.750. The summed E-state index contributed by atoms with van der Waals surface area (Å²) in [7, 11) is 0. The second-order valence-electron chi connectivity index (χ2n) is 5.87. The van der Waals surface area contributed by atoms with Gasteiger partial charge < -0.3 is 5.73 Å². The Kier molecular flexibility index (Phi) is 7.52. The molecule has 1 rings (SSSR count). The van der Waals surface area contributed by atoms with Crippen molar-refractivity contribution in [2.24, 2.45) is 11.7 Å². The van der Waals surface area contributed by atoms with Gasteiger partial charge in [0.25, 0.3) is 0 Å². The highest BCUT2D eigenvalue weighted by molar-refractivity contribution is 5.80. The third-order valence-corrected chi connectivity index (χ3v) is 3.67. The van der Waals surface area contributed by atoms with Crippen LogP contribution in [0.25, 0.3) is 0 Å². The van der Waals surface area contributed by atoms with Crippen molar-refractivity contribution in [2.75, 3.05) is 6.54 Å². The van der Waals surface area contributed by atoms with E-state index in [1.807, 2.05) is 16.9 Å². The van der Waals surface area contributed by atoms with E-state index >= 15 is 0 Å². The molecule has 0 aliphatic carbocycles. The largest absolute Gasteiger partial charge is 0.330 e. The van der Waals surface area contributed by atoms with Gasteiger partial charge in [0.2, 0.25) is 0 Å². The molecule has 0 amide bonds. The minimum atomic E-state index is 0.289. The molecule has 0 aromatic carbocycles. The highest BCUT2D eigenvalue weighted by atomic mass is 16.1. The highest BCUT2D eigenvalue weighted by Gasteiger charge is 2.12. The lowest BCUT2D eigenvalue weighted by Gasteiger charge is -2.14. The Bertz CT molecular complexity index is 392. The van der Waals surface area contributed by atoms with Crippen LogP contribution < -0.4 is 5.73 Å². The van der Waals surface area contributed by atoms with Crippen LogP contribution in [0.2, 0.25) is 0 Å². The lowest BCUT2D eigenvalue weighted by molar-refractivity contribution is -0.118. The molecule has 0 spiro atoms. The standard InChI is InChI=1S/C16H29N3O/c1-4-5-14(8-10-17)6-7-16(20)12-15-9-11-19(18-15)13(2)3/h9,11,13-14H,4-8,10,12,17H2,1-3H3. The number of hydrogen-bond acceptors (Lipinski definition) is 3. The lowest BCUT2D eigenvalue weighted by Crippen LogP contribution is -2.12. The first-order valence-corrected chi connectivity index (χ1v) is 7.82. The molecule has 0 aliphatic heterocycles. The molecule has 2 N–H and O–H groups in total. The molecule has 1 heterocycles. The van der Waals surface area contributed by atoms with Crippen LogP contribution in [0, 0.1) is 5.92 Å². The molecule has 1 aromatic heterocycles. The molecular formula is C16H29N3O. The van der Waals surface area contributed by atoms with Gasteiger partial charge in [-0.05, 0) is 45.2 Å². The summed E-state index contributed by atoms with van der Waals surface area (Å²) in [5, 5.41) is 4.43. The van der Waals surface area contributed by atoms with Crippen molar-refractivity contribution < 1.29 is 4.79 Å². The number of carbonyl (C=O) groups excluding carboxylic acids is 1. The summed E-state index contributed by atoms with van der Waals surface area (Å²) in [4.78, 5) is 12.0. The normalized spacial score (nSPS) is 12.8. The van der Waals surface area contributed by atoms with E-state index in [2.05, 4.69) is 25.9 Å². The molecule has 1 unspecified atom stereocenters. The van der Waals surface area contributed by atoms with Gasteiger partial charge in [-0.2, -0.15) is 5.10 Å². The van der Waals surface area contributed by atoms with E-state index in [1.165, 1.54) is 6.42 Å². The molecule has 0 aliphatic rings. The number of nitrogens with two attached hydrogens (primary N) is 1. The maximum absolute atomic E-state index is 12.0. The molecule has 4 heteroatoms. The Morgan fingerprint density at radius 2 is 2.10 bits per heavy atom. The average Bonchev–Trinajstić information content (AvgIpc) is 2.85. The van der Waals surface area contributed by atoms with E-state index in [4.69, 9.17) is 5.73 Å². The summed E-state index contributed by atoms with van der Waals surface area (Å²) in [5.74, 6) is 0.888. The lowest BCUT2D eigenvalue weighted by atomic mass is 9.93. The van der Waals surface area contributed by atoms with Gasteiger partial charge in [-0.15, -0.1) is 0 Å². The summed E-state index contributed by atoms with van der Waals surface area (Å²) in [6.07, 6.45) is 7.39. The predicted molar refractivity (Wildman–Crippen MR) is 82.6 cm³/mol. The zero-order valence-corrected chi connectivity index (χ0v) is 13.1. The summed E-state index contributed by atoms with van der Waals surface area (Å²) < 4.78 is 1.90. The molecule has 0 saturated heterocycles. The Hall–Kier alpha value is -1.16. The van der Waals surface area contributed by atoms with Crippen molar-refractivity contribution in [1.82, 2.24) is 9.78 Å². The predicted octanol–water partition coefficient (Wildman–Crippen LogP) is 3.12. The summed E-state index contributed by atoms with van der Waals surface area (Å²) >= 11 is 0. The molecular weight excluding hydrogens is 250 g/mol. The van der Waals surface area contributed by atoms with E-state index in [1.54, 1.807) is 0 Å². The van der Waals surface area contributed by atoms with Gasteiger partial charge in [0.05, 0.1) is 12.1 Å². The first-order valence-electron chi connectivity index (χ1n) is 7.82. The van der Waals surface area contributed by atoms with Crippen LogP contribution in [-0.2, 0) is 11.2 Å². The van der Waals surface area contributed by atoms with E-state index in [0.717, 1.165) is 31.5 Å². The summed E-state index contributed by atoms with van der Waals surface area (Å²) in [6.45, 7) is 7.07. The third-order valence-electron chi connectivity index (χ3n) is 3.67. The molecule has 20 heavy (non-hydrogen) atoms. The molecule has 0 radical (unpaired) electrons. The molecule has 114 valence electrons. The summed E-state index contributed by atoms with van der Waals surface area (Å²) in [6, 6.07) is 2.29. The molecule has 4 nitrogen and oxygen atoms in total. The number of ketones is 1. The van der Waals surface area contributed by atoms with Gasteiger partial charge in [0.1, 0.15) is 5.78 Å². The average molecular weight is 279 g/mol. The smallest absolute Gasteiger partial charge is 0.138 e. The van der Waals surface area contributed by atoms with Gasteiger partial charge in [0.15, 0.2) is 0 Å². The van der Waals surface area contributed by atoms with E-state index in [-0.39, 0.29) is 5.78 Å². The Balaban J connectivity index is 2.38. The Labute approximate surface area is 122 Å². The first-order chi connectivity index (χ1) is 9.56. The molecule has 0 bridgehead atoms. The van der Waals surface area contributed by atoms with Crippen LogP contribution in [0.15, 0.2) is 12.3 Å². The number of nitrogens with zero attached hydrogens (tertiary/aromatic N) is 2. The summed E-state index contributed by atoms with van der Waals surface area (Å²) in [5.41, 5.74) is 6.51. The van der Waals surface area contributed by atoms with Crippen molar-refractivity contribution in [1.29, 1.82) is 0 Å². The van der Waals surface area contributed by atoms with Crippen molar-refractivity contribution in [2.45, 2.75) is 65.3 Å². The fourth-order valence-corrected chi connectivity index (χ4v) is 2.49. The minimum Gasteiger partial charge on any atom is -0.330 e. The second-order valence-corrected chi connectivity index (χ2v) is 5.87. The van der Waals surface area contributed by atoms with Gasteiger partial charge in [-0.25, -0.2) is 0 Å². The number of hydrogen-bond donors (Lipinski definition) is 1. The number of Topliss-reactive ketones (excluding diaryl/α,β-unsaturated/α-hetero) is 1. The Morgan fingerprint density at radius 3 is 2.65 bits per heavy atom. The number of rotatable bonds is 10. The number of aromatic nitrogens is 2. The zero-order chi connectivity index (χ0) is 15.0. The van der Waals surface area contributed by atoms with Gasteiger partial charge >= 0.3 is 0 Å². The van der Waals surface area contributed by atoms with Crippen LogP contribution in [0.5, 0.6) is 0 Å². The van der Waals surface area contributed by atoms with Crippen LogP contribution >= 0.6 is 0 Å². The van der Waals surface area contributed by atoms with Gasteiger partial charge in [-0.1, -0.05) is 19.8 Å². The van der Waals surface area contributed by atoms with Crippen LogP contribution in [-0.4, -0.2) is 22.1 Å². The van der Waals surface area contributed by atoms with Crippen LogP contribution in [0.3, 0.4) is 0 Å². The molecule has 1 aromatic rings. The highest BCUT2D eigenvalue weighted by Crippen LogP contribution is 2.17. The van der Waals surface area contributed by atoms with E-state index < -0.39 is 0 Å². The van der Waals surface area contributed by atoms with Crippen molar-refractivity contribution in [3.05, 3.63) is 18.0 Å². The third kappa shape index (κ3) is 5.87. The van der Waals surface area contributed by atoms with Crippen molar-refractivity contribution in [3.8, 4) is 0 Å². The monoisotopic (exact) mass is 279 g/mol. The SMILES string of the molecule is CCCC(CCN)CCC(=O)Cc1ccn(C(C)C)n1. The van der Waals surface area contributed by atoms with Gasteiger partial charge in [0, 0.05) is 18.7 Å². The molecule has 1 atom stereocenters. The Morgan fingerprint density at radius 1 is 1.35 bits per heavy atom. The van der Waals surface area contributed by atoms with Crippen molar-refractivity contribution in [3.63, 3.8) is 0 Å². The fourth-order valence-electron chi connectivity index (χ4n) is 2.49. The van der Waals surface area contributed by atoms with Crippen molar-refractivity contribution >= 4 is 5.78 Å². The number of carbonyl (C=O) groups is 1. The first kappa shape index (κ1) is 16.9. The maximum atomic E-state index is 12.0. The molecule has 0 fully saturated rings. The van der Waals surface area contributed by atoms with Crippen LogP contribution in [0.1, 0.15) is 64.6 Å². The second kappa shape index (κ2) is 8.90. The van der Waals surface area contributed by atoms with Crippen LogP contribution in [0.4, 0.5) is 0 Å². The van der Waals surface area contributed by atoms with Gasteiger partial charge in [-0.3, -0.25) is 9.48 Å². The quantitative estimate of drug-likeness (QED) is 0.716. The zero-order valence-electron chi connectivity index (χ0n) is 13.1. The van der Waals surface area contributed by atoms with E-state index in [9.17, 15) is 4.79 Å². The topological polar surface area (TPSA) is 60.9 Å². The van der Waals surface area contributed by atoms with E-state index in [0.29, 0.717) is 24.8 Å². The maximum Gasteiger partial charge on any atom is 0.138 e.